The van der Waals surface area contributed by atoms with Gasteiger partial charge in [0.2, 0.25) is 0 Å². The SMILES string of the molecule is CCCNC(CC)c1c(C)nn(CCCC(F)(F)F)c1C. The van der Waals surface area contributed by atoms with Crippen LogP contribution < -0.4 is 5.32 Å². The van der Waals surface area contributed by atoms with E-state index in [-0.39, 0.29) is 12.5 Å². The number of aryl methyl sites for hydroxylation is 2. The van der Waals surface area contributed by atoms with E-state index < -0.39 is 12.6 Å². The Morgan fingerprint density at radius 2 is 1.90 bits per heavy atom. The Morgan fingerprint density at radius 3 is 2.43 bits per heavy atom. The van der Waals surface area contributed by atoms with Gasteiger partial charge in [0, 0.05) is 30.3 Å². The molecular formula is C15H26F3N3. The van der Waals surface area contributed by atoms with E-state index in [1.54, 1.807) is 4.68 Å². The quantitative estimate of drug-likeness (QED) is 0.776. The largest absolute Gasteiger partial charge is 0.389 e. The molecule has 0 aliphatic rings. The van der Waals surface area contributed by atoms with Gasteiger partial charge in [0.25, 0.3) is 0 Å². The van der Waals surface area contributed by atoms with Gasteiger partial charge in [-0.05, 0) is 39.7 Å². The lowest BCUT2D eigenvalue weighted by Gasteiger charge is -2.17. The Labute approximate surface area is 124 Å². The van der Waals surface area contributed by atoms with Crippen LogP contribution in [-0.2, 0) is 6.54 Å². The molecule has 0 aliphatic heterocycles. The van der Waals surface area contributed by atoms with Crippen molar-refractivity contribution in [3.63, 3.8) is 0 Å². The summed E-state index contributed by atoms with van der Waals surface area (Å²) in [5.41, 5.74) is 3.03. The van der Waals surface area contributed by atoms with Crippen molar-refractivity contribution >= 4 is 0 Å². The highest BCUT2D eigenvalue weighted by Crippen LogP contribution is 2.26. The second kappa shape index (κ2) is 7.82. The molecule has 1 aromatic heterocycles. The molecule has 0 aliphatic carbocycles. The second-order valence-corrected chi connectivity index (χ2v) is 5.44. The monoisotopic (exact) mass is 305 g/mol. The van der Waals surface area contributed by atoms with E-state index in [9.17, 15) is 13.2 Å². The van der Waals surface area contributed by atoms with Gasteiger partial charge < -0.3 is 5.32 Å². The minimum Gasteiger partial charge on any atom is -0.310 e. The number of nitrogens with one attached hydrogen (secondary N) is 1. The van der Waals surface area contributed by atoms with Crippen LogP contribution in [0.5, 0.6) is 0 Å². The van der Waals surface area contributed by atoms with Crippen molar-refractivity contribution in [2.45, 2.75) is 72.1 Å². The number of hydrogen-bond acceptors (Lipinski definition) is 2. The van der Waals surface area contributed by atoms with Crippen LogP contribution in [0.1, 0.15) is 62.5 Å². The molecule has 1 rings (SSSR count). The number of rotatable bonds is 8. The molecule has 21 heavy (non-hydrogen) atoms. The second-order valence-electron chi connectivity index (χ2n) is 5.44. The molecule has 1 N–H and O–H groups in total. The van der Waals surface area contributed by atoms with Crippen LogP contribution in [0.15, 0.2) is 0 Å². The zero-order chi connectivity index (χ0) is 16.0. The van der Waals surface area contributed by atoms with Crippen molar-refractivity contribution in [3.05, 3.63) is 17.0 Å². The molecule has 1 unspecified atom stereocenters. The molecule has 0 amide bonds. The fourth-order valence-electron chi connectivity index (χ4n) is 2.63. The maximum absolute atomic E-state index is 12.2. The predicted octanol–water partition coefficient (Wildman–Crippen LogP) is 4.29. The van der Waals surface area contributed by atoms with Crippen LogP contribution in [0.25, 0.3) is 0 Å². The van der Waals surface area contributed by atoms with Crippen LogP contribution in [-0.4, -0.2) is 22.5 Å². The first-order chi connectivity index (χ1) is 9.80. The summed E-state index contributed by atoms with van der Waals surface area (Å²) in [6, 6.07) is 0.223. The summed E-state index contributed by atoms with van der Waals surface area (Å²) in [5.74, 6) is 0. The first-order valence-corrected chi connectivity index (χ1v) is 7.64. The first-order valence-electron chi connectivity index (χ1n) is 7.64. The number of alkyl halides is 3. The molecule has 122 valence electrons. The number of aromatic nitrogens is 2. The Morgan fingerprint density at radius 1 is 1.24 bits per heavy atom. The Balaban J connectivity index is 2.79. The fraction of sp³-hybridized carbons (Fsp3) is 0.800. The van der Waals surface area contributed by atoms with Crippen molar-refractivity contribution in [2.24, 2.45) is 0 Å². The van der Waals surface area contributed by atoms with E-state index in [0.29, 0.717) is 6.54 Å². The molecule has 0 bridgehead atoms. The van der Waals surface area contributed by atoms with Gasteiger partial charge >= 0.3 is 6.18 Å². The Kier molecular flexibility index (Phi) is 6.71. The molecule has 6 heteroatoms. The third-order valence-electron chi connectivity index (χ3n) is 3.67. The van der Waals surface area contributed by atoms with Gasteiger partial charge in [-0.25, -0.2) is 0 Å². The lowest BCUT2D eigenvalue weighted by atomic mass is 10.0. The maximum atomic E-state index is 12.2. The lowest BCUT2D eigenvalue weighted by Crippen LogP contribution is -2.22. The van der Waals surface area contributed by atoms with Crippen LogP contribution >= 0.6 is 0 Å². The number of hydrogen-bond donors (Lipinski definition) is 1. The molecule has 0 aromatic carbocycles. The van der Waals surface area contributed by atoms with Gasteiger partial charge in [0.15, 0.2) is 0 Å². The van der Waals surface area contributed by atoms with Crippen LogP contribution in [0.3, 0.4) is 0 Å². The molecule has 1 atom stereocenters. The van der Waals surface area contributed by atoms with Crippen molar-refractivity contribution < 1.29 is 13.2 Å². The van der Waals surface area contributed by atoms with E-state index in [4.69, 9.17) is 0 Å². The van der Waals surface area contributed by atoms with E-state index in [2.05, 4.69) is 24.3 Å². The molecule has 0 radical (unpaired) electrons. The first kappa shape index (κ1) is 18.0. The molecule has 1 heterocycles. The van der Waals surface area contributed by atoms with Crippen molar-refractivity contribution in [1.29, 1.82) is 0 Å². The van der Waals surface area contributed by atoms with Gasteiger partial charge in [-0.2, -0.15) is 18.3 Å². The smallest absolute Gasteiger partial charge is 0.310 e. The number of halogens is 3. The third-order valence-corrected chi connectivity index (χ3v) is 3.67. The van der Waals surface area contributed by atoms with E-state index >= 15 is 0 Å². The van der Waals surface area contributed by atoms with Gasteiger partial charge in [-0.1, -0.05) is 13.8 Å². The lowest BCUT2D eigenvalue weighted by molar-refractivity contribution is -0.136. The van der Waals surface area contributed by atoms with E-state index in [0.717, 1.165) is 36.3 Å². The highest BCUT2D eigenvalue weighted by atomic mass is 19.4. The highest BCUT2D eigenvalue weighted by molar-refractivity contribution is 5.28. The topological polar surface area (TPSA) is 29.9 Å². The molecule has 3 nitrogen and oxygen atoms in total. The van der Waals surface area contributed by atoms with Gasteiger partial charge in [-0.3, -0.25) is 4.68 Å². The zero-order valence-corrected chi connectivity index (χ0v) is 13.3. The molecule has 1 aromatic rings. The Bertz CT molecular complexity index is 438. The molecular weight excluding hydrogens is 279 g/mol. The fourth-order valence-corrected chi connectivity index (χ4v) is 2.63. The average molecular weight is 305 g/mol. The normalized spacial score (nSPS) is 13.7. The maximum Gasteiger partial charge on any atom is 0.389 e. The van der Waals surface area contributed by atoms with Crippen molar-refractivity contribution in [2.75, 3.05) is 6.54 Å². The number of nitrogens with zero attached hydrogens (tertiary/aromatic N) is 2. The summed E-state index contributed by atoms with van der Waals surface area (Å²) in [6.45, 7) is 9.33. The summed E-state index contributed by atoms with van der Waals surface area (Å²) in [5, 5.41) is 7.89. The molecule has 0 saturated carbocycles. The third kappa shape index (κ3) is 5.34. The summed E-state index contributed by atoms with van der Waals surface area (Å²) in [6.07, 6.45) is -2.78. The van der Waals surface area contributed by atoms with E-state index in [1.165, 1.54) is 0 Å². The average Bonchev–Trinajstić information content (AvgIpc) is 2.66. The Hall–Kier alpha value is -1.04. The summed E-state index contributed by atoms with van der Waals surface area (Å²) in [4.78, 5) is 0. The molecule has 0 fully saturated rings. The predicted molar refractivity (Wildman–Crippen MR) is 78.3 cm³/mol. The van der Waals surface area contributed by atoms with Crippen LogP contribution in [0.4, 0.5) is 13.2 Å². The highest BCUT2D eigenvalue weighted by Gasteiger charge is 2.26. The summed E-state index contributed by atoms with van der Waals surface area (Å²) in [7, 11) is 0. The minimum absolute atomic E-state index is 0.0735. The van der Waals surface area contributed by atoms with E-state index in [1.807, 2.05) is 13.8 Å². The van der Waals surface area contributed by atoms with Crippen molar-refractivity contribution in [3.8, 4) is 0 Å². The van der Waals surface area contributed by atoms with Crippen molar-refractivity contribution in [1.82, 2.24) is 15.1 Å². The molecule has 0 spiro atoms. The van der Waals surface area contributed by atoms with Gasteiger partial charge in [-0.15, -0.1) is 0 Å². The standard InChI is InChI=1S/C15H26F3N3/c1-5-9-19-13(6-2)14-11(3)20-21(12(14)4)10-7-8-15(16,17)18/h13,19H,5-10H2,1-4H3. The van der Waals surface area contributed by atoms with Crippen LogP contribution in [0.2, 0.25) is 0 Å². The minimum atomic E-state index is -4.09. The zero-order valence-electron chi connectivity index (χ0n) is 13.3. The summed E-state index contributed by atoms with van der Waals surface area (Å²) < 4.78 is 38.4. The molecule has 0 saturated heterocycles. The van der Waals surface area contributed by atoms with Gasteiger partial charge in [0.1, 0.15) is 0 Å². The van der Waals surface area contributed by atoms with Crippen LogP contribution in [0, 0.1) is 13.8 Å². The summed E-state index contributed by atoms with van der Waals surface area (Å²) >= 11 is 0. The van der Waals surface area contributed by atoms with Gasteiger partial charge in [0.05, 0.1) is 5.69 Å².